The van der Waals surface area contributed by atoms with Crippen molar-refractivity contribution in [2.45, 2.75) is 19.3 Å². The second kappa shape index (κ2) is 12.3. The first-order chi connectivity index (χ1) is 28.5. The first-order valence-corrected chi connectivity index (χ1v) is 20.1. The van der Waals surface area contributed by atoms with Crippen LogP contribution < -0.4 is 4.90 Å². The lowest BCUT2D eigenvalue weighted by atomic mass is 9.82. The van der Waals surface area contributed by atoms with Gasteiger partial charge in [0.15, 0.2) is 0 Å². The van der Waals surface area contributed by atoms with Crippen molar-refractivity contribution in [2.75, 3.05) is 4.90 Å². The highest BCUT2D eigenvalue weighted by Gasteiger charge is 2.37. The van der Waals surface area contributed by atoms with Crippen LogP contribution in [0.2, 0.25) is 0 Å². The minimum absolute atomic E-state index is 0.123. The van der Waals surface area contributed by atoms with Gasteiger partial charge >= 0.3 is 0 Å². The molecule has 0 aliphatic heterocycles. The summed E-state index contributed by atoms with van der Waals surface area (Å²) >= 11 is 0. The van der Waals surface area contributed by atoms with Crippen LogP contribution in [0.4, 0.5) is 17.1 Å². The summed E-state index contributed by atoms with van der Waals surface area (Å²) in [5.41, 5.74) is 20.0. The lowest BCUT2D eigenvalue weighted by Crippen LogP contribution is -2.16. The number of hydrogen-bond acceptors (Lipinski definition) is 3. The van der Waals surface area contributed by atoms with E-state index in [1.807, 2.05) is 12.3 Å². The van der Waals surface area contributed by atoms with Crippen molar-refractivity contribution in [3.8, 4) is 55.8 Å². The molecule has 0 N–H and O–H groups in total. The Kier molecular flexibility index (Phi) is 6.98. The maximum Gasteiger partial charge on any atom is 0.0972 e. The van der Waals surface area contributed by atoms with Crippen molar-refractivity contribution in [1.82, 2.24) is 9.97 Å². The molecule has 272 valence electrons. The molecular weight excluding hydrogens is 703 g/mol. The Labute approximate surface area is 337 Å². The molecule has 0 bridgehead atoms. The Balaban J connectivity index is 1.03. The van der Waals surface area contributed by atoms with Gasteiger partial charge in [0.1, 0.15) is 0 Å². The van der Waals surface area contributed by atoms with Gasteiger partial charge in [0.2, 0.25) is 0 Å². The van der Waals surface area contributed by atoms with Crippen LogP contribution in [0.3, 0.4) is 0 Å². The van der Waals surface area contributed by atoms with Crippen LogP contribution in [-0.2, 0) is 5.41 Å². The van der Waals surface area contributed by atoms with Crippen molar-refractivity contribution >= 4 is 49.6 Å². The van der Waals surface area contributed by atoms with E-state index in [-0.39, 0.29) is 5.41 Å². The molecule has 3 nitrogen and oxygen atoms in total. The Morgan fingerprint density at radius 2 is 1.12 bits per heavy atom. The molecule has 0 radical (unpaired) electrons. The molecule has 2 aliphatic carbocycles. The van der Waals surface area contributed by atoms with Gasteiger partial charge < -0.3 is 4.90 Å². The number of aromatic nitrogens is 2. The number of rotatable bonds is 5. The number of pyridine rings is 2. The van der Waals surface area contributed by atoms with Crippen molar-refractivity contribution in [1.29, 1.82) is 0 Å². The summed E-state index contributed by atoms with van der Waals surface area (Å²) in [7, 11) is 0. The predicted octanol–water partition coefficient (Wildman–Crippen LogP) is 14.7. The summed E-state index contributed by atoms with van der Waals surface area (Å²) in [6.45, 7) is 4.70. The molecule has 10 aromatic rings. The molecule has 2 aliphatic rings. The third-order valence-electron chi connectivity index (χ3n) is 12.6. The van der Waals surface area contributed by atoms with Crippen LogP contribution in [0, 0.1) is 0 Å². The Hall–Kier alpha value is -7.36. The molecule has 3 heteroatoms. The van der Waals surface area contributed by atoms with E-state index in [2.05, 4.69) is 195 Å². The van der Waals surface area contributed by atoms with Crippen LogP contribution >= 0.6 is 0 Å². The molecular formula is C55H37N3. The minimum Gasteiger partial charge on any atom is -0.310 e. The second-order valence-electron chi connectivity index (χ2n) is 16.1. The summed E-state index contributed by atoms with van der Waals surface area (Å²) < 4.78 is 0. The van der Waals surface area contributed by atoms with Gasteiger partial charge in [-0.2, -0.15) is 0 Å². The third-order valence-corrected chi connectivity index (χ3v) is 12.6. The number of hydrogen-bond donors (Lipinski definition) is 0. The van der Waals surface area contributed by atoms with Crippen molar-refractivity contribution < 1.29 is 0 Å². The molecule has 0 unspecified atom stereocenters. The lowest BCUT2D eigenvalue weighted by molar-refractivity contribution is 0.660. The number of nitrogens with zero attached hydrogens (tertiary/aromatic N) is 3. The first-order valence-electron chi connectivity index (χ1n) is 20.1. The summed E-state index contributed by atoms with van der Waals surface area (Å²) in [6.07, 6.45) is 1.85. The summed E-state index contributed by atoms with van der Waals surface area (Å²) in [5, 5.41) is 4.80. The quantitative estimate of drug-likeness (QED) is 0.165. The molecule has 0 atom stereocenters. The second-order valence-corrected chi connectivity index (χ2v) is 16.1. The topological polar surface area (TPSA) is 29.0 Å². The number of benzene rings is 8. The van der Waals surface area contributed by atoms with Gasteiger partial charge in [-0.3, -0.25) is 4.98 Å². The van der Waals surface area contributed by atoms with Gasteiger partial charge in [-0.25, -0.2) is 4.98 Å². The summed E-state index contributed by atoms with van der Waals surface area (Å²) in [5.74, 6) is 0. The SMILES string of the molecule is CC1(C)c2ccccc2-c2c(N(c3ccc(-c4ccc5ccc6cccnc6c5n4)cc3)c3cccc(-c4ccc5c6c(cccc46)-c4ccccc4-5)c3)cccc21. The zero-order valence-corrected chi connectivity index (χ0v) is 32.2. The maximum absolute atomic E-state index is 5.18. The van der Waals surface area contributed by atoms with E-state index < -0.39 is 0 Å². The van der Waals surface area contributed by atoms with Crippen molar-refractivity contribution in [3.63, 3.8) is 0 Å². The van der Waals surface area contributed by atoms with Crippen LogP contribution in [0.25, 0.3) is 88.3 Å². The van der Waals surface area contributed by atoms with Crippen LogP contribution in [0.1, 0.15) is 25.0 Å². The molecule has 0 amide bonds. The monoisotopic (exact) mass is 739 g/mol. The van der Waals surface area contributed by atoms with Crippen LogP contribution in [0.15, 0.2) is 188 Å². The van der Waals surface area contributed by atoms with Gasteiger partial charge in [0, 0.05) is 44.9 Å². The molecule has 2 aromatic heterocycles. The highest BCUT2D eigenvalue weighted by atomic mass is 15.1. The van der Waals surface area contributed by atoms with E-state index in [1.54, 1.807) is 0 Å². The number of anilines is 3. The van der Waals surface area contributed by atoms with E-state index in [9.17, 15) is 0 Å². The Morgan fingerprint density at radius 3 is 1.97 bits per heavy atom. The molecule has 0 saturated carbocycles. The highest BCUT2D eigenvalue weighted by molar-refractivity contribution is 6.18. The fraction of sp³-hybridized carbons (Fsp3) is 0.0545. The van der Waals surface area contributed by atoms with E-state index in [0.29, 0.717) is 0 Å². The van der Waals surface area contributed by atoms with Crippen molar-refractivity contribution in [2.24, 2.45) is 0 Å². The Bertz CT molecular complexity index is 3290. The predicted molar refractivity (Wildman–Crippen MR) is 242 cm³/mol. The van der Waals surface area contributed by atoms with Gasteiger partial charge in [0.25, 0.3) is 0 Å². The first kappa shape index (κ1) is 32.8. The fourth-order valence-electron chi connectivity index (χ4n) is 9.89. The lowest BCUT2D eigenvalue weighted by Gasteiger charge is -2.29. The summed E-state index contributed by atoms with van der Waals surface area (Å²) in [4.78, 5) is 12.3. The zero-order chi connectivity index (χ0) is 38.5. The largest absolute Gasteiger partial charge is 0.310 e. The molecule has 0 saturated heterocycles. The van der Waals surface area contributed by atoms with Gasteiger partial charge in [-0.15, -0.1) is 0 Å². The molecule has 12 rings (SSSR count). The molecule has 8 aromatic carbocycles. The smallest absolute Gasteiger partial charge is 0.0972 e. The van der Waals surface area contributed by atoms with Crippen LogP contribution in [-0.4, -0.2) is 9.97 Å². The normalized spacial score (nSPS) is 13.1. The van der Waals surface area contributed by atoms with E-state index in [1.165, 1.54) is 66.4 Å². The Morgan fingerprint density at radius 1 is 0.448 bits per heavy atom. The average Bonchev–Trinajstić information content (AvgIpc) is 3.73. The van der Waals surface area contributed by atoms with E-state index in [4.69, 9.17) is 9.97 Å². The summed E-state index contributed by atoms with van der Waals surface area (Å²) in [6, 6.07) is 66.5. The third kappa shape index (κ3) is 4.74. The van der Waals surface area contributed by atoms with Gasteiger partial charge in [-0.05, 0) is 103 Å². The number of fused-ring (bicyclic) bond motifs is 9. The van der Waals surface area contributed by atoms with E-state index in [0.717, 1.165) is 50.1 Å². The minimum atomic E-state index is -0.123. The standard InChI is InChI=1S/C55H37N3/c1-55(2)47-19-6-5-16-46(47)52-48(55)20-9-21-50(52)58(38-27-24-34(25-28-38)49-31-26-36-23-22-35-12-10-32-56-53(35)54(36)57-49)39-13-7-11-37(33-39)40-29-30-45-42-15-4-3-14-41(42)44-18-8-17-43(40)51(44)45/h3-33H,1-2H3. The molecule has 0 spiro atoms. The average molecular weight is 740 g/mol. The molecule has 0 fully saturated rings. The zero-order valence-electron chi connectivity index (χ0n) is 32.2. The van der Waals surface area contributed by atoms with Gasteiger partial charge in [0.05, 0.1) is 22.4 Å². The van der Waals surface area contributed by atoms with Gasteiger partial charge in [-0.1, -0.05) is 153 Å². The highest BCUT2D eigenvalue weighted by Crippen LogP contribution is 2.55. The van der Waals surface area contributed by atoms with Crippen molar-refractivity contribution in [3.05, 3.63) is 199 Å². The van der Waals surface area contributed by atoms with E-state index >= 15 is 0 Å². The van der Waals surface area contributed by atoms with Crippen LogP contribution in [0.5, 0.6) is 0 Å². The molecule has 58 heavy (non-hydrogen) atoms. The fourth-order valence-corrected chi connectivity index (χ4v) is 9.89. The molecule has 2 heterocycles. The maximum atomic E-state index is 5.18.